The van der Waals surface area contributed by atoms with Gasteiger partial charge < -0.3 is 4.74 Å². The van der Waals surface area contributed by atoms with Crippen molar-refractivity contribution in [3.05, 3.63) is 41.5 Å². The fourth-order valence-electron chi connectivity index (χ4n) is 1.36. The van der Waals surface area contributed by atoms with E-state index in [-0.39, 0.29) is 6.10 Å². The molecule has 1 unspecified atom stereocenters. The number of ether oxygens (including phenoxy) is 1. The van der Waals surface area contributed by atoms with Crippen LogP contribution in [0.5, 0.6) is 0 Å². The molecule has 0 aliphatic heterocycles. The van der Waals surface area contributed by atoms with Gasteiger partial charge in [-0.3, -0.25) is 0 Å². The van der Waals surface area contributed by atoms with E-state index >= 15 is 0 Å². The lowest BCUT2D eigenvalue weighted by Gasteiger charge is -2.08. The van der Waals surface area contributed by atoms with Crippen molar-refractivity contribution in [2.45, 2.75) is 6.10 Å². The summed E-state index contributed by atoms with van der Waals surface area (Å²) in [4.78, 5) is 0. The number of halogens is 1. The topological polar surface area (TPSA) is 9.23 Å². The van der Waals surface area contributed by atoms with E-state index in [1.807, 2.05) is 24.3 Å². The standard InChI is InChI=1S/C10H8BrO/c11-7-12-10-6-5-8-3-1-2-4-9(8)10/h1-2,4-6,10H,7H2. The van der Waals surface area contributed by atoms with Gasteiger partial charge >= 0.3 is 0 Å². The van der Waals surface area contributed by atoms with Crippen LogP contribution in [0.1, 0.15) is 17.2 Å². The van der Waals surface area contributed by atoms with Gasteiger partial charge in [-0.15, -0.1) is 0 Å². The monoisotopic (exact) mass is 223 g/mol. The molecule has 0 saturated carbocycles. The summed E-state index contributed by atoms with van der Waals surface area (Å²) in [5.41, 5.74) is 2.91. The molecule has 61 valence electrons. The molecule has 0 aromatic heterocycles. The van der Waals surface area contributed by atoms with Crippen molar-refractivity contribution >= 4 is 22.0 Å². The van der Waals surface area contributed by atoms with Crippen LogP contribution in [0.2, 0.25) is 0 Å². The average molecular weight is 224 g/mol. The number of hydrogen-bond acceptors (Lipinski definition) is 1. The molecule has 0 saturated heterocycles. The van der Waals surface area contributed by atoms with Gasteiger partial charge in [-0.2, -0.15) is 0 Å². The van der Waals surface area contributed by atoms with Gasteiger partial charge in [0.05, 0.1) is 0 Å². The first kappa shape index (κ1) is 8.02. The van der Waals surface area contributed by atoms with Crippen LogP contribution < -0.4 is 0 Å². The van der Waals surface area contributed by atoms with Crippen LogP contribution in [0.4, 0.5) is 0 Å². The highest BCUT2D eigenvalue weighted by molar-refractivity contribution is 9.09. The van der Waals surface area contributed by atoms with Crippen molar-refractivity contribution in [2.24, 2.45) is 0 Å². The summed E-state index contributed by atoms with van der Waals surface area (Å²) in [6.07, 6.45) is 4.20. The van der Waals surface area contributed by atoms with Crippen LogP contribution in [-0.4, -0.2) is 5.52 Å². The van der Waals surface area contributed by atoms with Crippen LogP contribution in [0.3, 0.4) is 0 Å². The van der Waals surface area contributed by atoms with Crippen molar-refractivity contribution < 1.29 is 4.74 Å². The first-order valence-electron chi connectivity index (χ1n) is 3.78. The van der Waals surface area contributed by atoms with Gasteiger partial charge in [0, 0.05) is 0 Å². The third kappa shape index (κ3) is 1.32. The smallest absolute Gasteiger partial charge is 0.103 e. The van der Waals surface area contributed by atoms with E-state index in [0.717, 1.165) is 5.56 Å². The van der Waals surface area contributed by atoms with Gasteiger partial charge in [0.25, 0.3) is 0 Å². The normalized spacial score (nSPS) is 19.6. The number of fused-ring (bicyclic) bond motifs is 1. The summed E-state index contributed by atoms with van der Waals surface area (Å²) >= 11 is 3.24. The first-order chi connectivity index (χ1) is 5.92. The number of benzene rings is 1. The molecule has 0 bridgehead atoms. The number of hydrogen-bond donors (Lipinski definition) is 0. The lowest BCUT2D eigenvalue weighted by Crippen LogP contribution is -1.97. The van der Waals surface area contributed by atoms with Gasteiger partial charge in [0.2, 0.25) is 0 Å². The highest BCUT2D eigenvalue weighted by Crippen LogP contribution is 2.30. The summed E-state index contributed by atoms with van der Waals surface area (Å²) in [5, 5.41) is 0. The minimum absolute atomic E-state index is 0.108. The maximum atomic E-state index is 5.44. The molecule has 1 nitrogen and oxygen atoms in total. The molecule has 2 heteroatoms. The first-order valence-corrected chi connectivity index (χ1v) is 4.90. The van der Waals surface area contributed by atoms with Crippen molar-refractivity contribution in [1.82, 2.24) is 0 Å². The van der Waals surface area contributed by atoms with Crippen LogP contribution in [0.25, 0.3) is 6.08 Å². The Morgan fingerprint density at radius 3 is 3.33 bits per heavy atom. The van der Waals surface area contributed by atoms with E-state index in [4.69, 9.17) is 4.74 Å². The van der Waals surface area contributed by atoms with E-state index in [9.17, 15) is 0 Å². The Hall–Kier alpha value is -0.600. The molecule has 2 rings (SSSR count). The molecule has 1 aliphatic carbocycles. The van der Waals surface area contributed by atoms with Crippen LogP contribution >= 0.6 is 15.9 Å². The van der Waals surface area contributed by atoms with Gasteiger partial charge in [-0.25, -0.2) is 0 Å². The van der Waals surface area contributed by atoms with E-state index in [2.05, 4.69) is 28.1 Å². The maximum absolute atomic E-state index is 5.44. The largest absolute Gasteiger partial charge is 0.358 e. The van der Waals surface area contributed by atoms with Gasteiger partial charge in [-0.1, -0.05) is 46.3 Å². The predicted molar refractivity (Wildman–Crippen MR) is 51.9 cm³/mol. The van der Waals surface area contributed by atoms with E-state index in [1.165, 1.54) is 5.56 Å². The summed E-state index contributed by atoms with van der Waals surface area (Å²) in [6.45, 7) is 0. The summed E-state index contributed by atoms with van der Waals surface area (Å²) in [5.74, 6) is 0. The lowest BCUT2D eigenvalue weighted by atomic mass is 10.1. The minimum Gasteiger partial charge on any atom is -0.358 e. The second-order valence-electron chi connectivity index (χ2n) is 2.59. The third-order valence-corrected chi connectivity index (χ3v) is 2.17. The van der Waals surface area contributed by atoms with E-state index in [0.29, 0.717) is 5.52 Å². The molecule has 0 fully saturated rings. The van der Waals surface area contributed by atoms with Crippen molar-refractivity contribution in [1.29, 1.82) is 0 Å². The summed E-state index contributed by atoms with van der Waals surface area (Å²) in [6, 6.07) is 9.12. The Morgan fingerprint density at radius 2 is 2.50 bits per heavy atom. The van der Waals surface area contributed by atoms with Gasteiger partial charge in [0.1, 0.15) is 11.6 Å². The molecule has 0 amide bonds. The van der Waals surface area contributed by atoms with Crippen molar-refractivity contribution in [2.75, 3.05) is 5.52 Å². The van der Waals surface area contributed by atoms with E-state index in [1.54, 1.807) is 0 Å². The highest BCUT2D eigenvalue weighted by atomic mass is 79.9. The summed E-state index contributed by atoms with van der Waals surface area (Å²) < 4.78 is 5.44. The minimum atomic E-state index is 0.108. The molecule has 0 heterocycles. The van der Waals surface area contributed by atoms with E-state index < -0.39 is 0 Å². The lowest BCUT2D eigenvalue weighted by molar-refractivity contribution is 0.134. The molecule has 1 aliphatic rings. The molecule has 0 spiro atoms. The zero-order valence-electron chi connectivity index (χ0n) is 6.46. The number of alkyl halides is 1. The molecular weight excluding hydrogens is 216 g/mol. The van der Waals surface area contributed by atoms with Crippen LogP contribution in [0, 0.1) is 6.07 Å². The second-order valence-corrected chi connectivity index (χ2v) is 3.05. The molecule has 12 heavy (non-hydrogen) atoms. The molecule has 1 radical (unpaired) electrons. The van der Waals surface area contributed by atoms with Crippen LogP contribution in [-0.2, 0) is 4.74 Å². The Kier molecular flexibility index (Phi) is 2.28. The zero-order valence-corrected chi connectivity index (χ0v) is 8.04. The zero-order chi connectivity index (χ0) is 8.39. The molecule has 1 aromatic rings. The SMILES string of the molecule is BrCOC1C=Cc2[c]cccc21. The summed E-state index contributed by atoms with van der Waals surface area (Å²) in [7, 11) is 0. The fourth-order valence-corrected chi connectivity index (χ4v) is 1.64. The Balaban J connectivity index is 2.30. The maximum Gasteiger partial charge on any atom is 0.103 e. The van der Waals surface area contributed by atoms with Crippen LogP contribution in [0.15, 0.2) is 24.3 Å². The molecular formula is C10H8BrO. The molecule has 1 aromatic carbocycles. The Labute approximate surface area is 80.2 Å². The van der Waals surface area contributed by atoms with Gasteiger partial charge in [-0.05, 0) is 17.2 Å². The third-order valence-electron chi connectivity index (χ3n) is 1.91. The molecule has 1 atom stereocenters. The van der Waals surface area contributed by atoms with Crippen molar-refractivity contribution in [3.8, 4) is 0 Å². The van der Waals surface area contributed by atoms with Crippen molar-refractivity contribution in [3.63, 3.8) is 0 Å². The highest BCUT2D eigenvalue weighted by Gasteiger charge is 2.15. The Bertz CT molecular complexity index is 306. The Morgan fingerprint density at radius 1 is 1.58 bits per heavy atom. The quantitative estimate of drug-likeness (QED) is 0.701. The van der Waals surface area contributed by atoms with Gasteiger partial charge in [0.15, 0.2) is 0 Å². The predicted octanol–water partition coefficient (Wildman–Crippen LogP) is 2.92. The fraction of sp³-hybridized carbons (Fsp3) is 0.200. The molecule has 0 N–H and O–H groups in total. The number of rotatable bonds is 2. The average Bonchev–Trinajstić information content (AvgIpc) is 2.50. The second kappa shape index (κ2) is 3.42.